The van der Waals surface area contributed by atoms with E-state index in [0.29, 0.717) is 23.7 Å². The third-order valence-electron chi connectivity index (χ3n) is 4.57. The average molecular weight is 356 g/mol. The summed E-state index contributed by atoms with van der Waals surface area (Å²) in [5.41, 5.74) is 2.44. The lowest BCUT2D eigenvalue weighted by Crippen LogP contribution is -2.49. The van der Waals surface area contributed by atoms with Crippen LogP contribution >= 0.6 is 11.6 Å². The average Bonchev–Trinajstić information content (AvgIpc) is 3.12. The highest BCUT2D eigenvalue weighted by Crippen LogP contribution is 2.20. The molecular formula is C18H18ClN5O. The Bertz CT molecular complexity index is 930. The van der Waals surface area contributed by atoms with Gasteiger partial charge in [-0.05, 0) is 36.8 Å². The second kappa shape index (κ2) is 6.37. The lowest BCUT2D eigenvalue weighted by atomic mass is 10.1. The first-order valence-corrected chi connectivity index (χ1v) is 8.60. The van der Waals surface area contributed by atoms with Crippen LogP contribution < -0.4 is 4.90 Å². The molecule has 0 radical (unpaired) electrons. The van der Waals surface area contributed by atoms with Crippen LogP contribution in [0.5, 0.6) is 0 Å². The quantitative estimate of drug-likeness (QED) is 0.709. The van der Waals surface area contributed by atoms with Gasteiger partial charge in [-0.1, -0.05) is 11.6 Å². The van der Waals surface area contributed by atoms with Crippen LogP contribution in [0.15, 0.2) is 42.7 Å². The van der Waals surface area contributed by atoms with Crippen LogP contribution in [0.1, 0.15) is 15.9 Å². The van der Waals surface area contributed by atoms with Crippen molar-refractivity contribution in [2.45, 2.75) is 6.92 Å². The van der Waals surface area contributed by atoms with Crippen molar-refractivity contribution in [3.63, 3.8) is 0 Å². The van der Waals surface area contributed by atoms with Gasteiger partial charge in [0.15, 0.2) is 5.65 Å². The highest BCUT2D eigenvalue weighted by Gasteiger charge is 2.23. The zero-order valence-corrected chi connectivity index (χ0v) is 14.6. The smallest absolute Gasteiger partial charge is 0.253 e. The summed E-state index contributed by atoms with van der Waals surface area (Å²) in [4.78, 5) is 21.1. The first-order valence-electron chi connectivity index (χ1n) is 8.22. The van der Waals surface area contributed by atoms with Crippen LogP contribution in [0, 0.1) is 6.92 Å². The number of anilines is 1. The van der Waals surface area contributed by atoms with Gasteiger partial charge in [-0.25, -0.2) is 4.98 Å². The summed E-state index contributed by atoms with van der Waals surface area (Å²) in [5, 5.41) is 5.02. The Hall–Kier alpha value is -2.60. The van der Waals surface area contributed by atoms with E-state index in [2.05, 4.69) is 15.0 Å². The van der Waals surface area contributed by atoms with Crippen molar-refractivity contribution in [3.05, 3.63) is 58.9 Å². The van der Waals surface area contributed by atoms with Gasteiger partial charge in [-0.3, -0.25) is 4.79 Å². The molecule has 25 heavy (non-hydrogen) atoms. The highest BCUT2D eigenvalue weighted by molar-refractivity contribution is 6.31. The second-order valence-electron chi connectivity index (χ2n) is 6.15. The number of benzene rings is 1. The summed E-state index contributed by atoms with van der Waals surface area (Å²) in [7, 11) is 0. The zero-order chi connectivity index (χ0) is 17.4. The summed E-state index contributed by atoms with van der Waals surface area (Å²) in [6.45, 7) is 4.78. The van der Waals surface area contributed by atoms with E-state index < -0.39 is 0 Å². The van der Waals surface area contributed by atoms with Crippen LogP contribution in [-0.2, 0) is 0 Å². The number of aromatic nitrogens is 3. The van der Waals surface area contributed by atoms with Crippen molar-refractivity contribution in [2.75, 3.05) is 31.1 Å². The van der Waals surface area contributed by atoms with E-state index in [9.17, 15) is 4.79 Å². The van der Waals surface area contributed by atoms with Gasteiger partial charge in [0.2, 0.25) is 0 Å². The third-order valence-corrected chi connectivity index (χ3v) is 4.99. The molecule has 1 amide bonds. The summed E-state index contributed by atoms with van der Waals surface area (Å²) in [5.74, 6) is 1.06. The molecule has 1 aliphatic rings. The maximum atomic E-state index is 12.7. The van der Waals surface area contributed by atoms with Crippen LogP contribution in [0.3, 0.4) is 0 Å². The van der Waals surface area contributed by atoms with Crippen LogP contribution in [0.25, 0.3) is 5.65 Å². The van der Waals surface area contributed by atoms with E-state index in [4.69, 9.17) is 11.6 Å². The first-order chi connectivity index (χ1) is 12.1. The number of carbonyl (C=O) groups is 1. The molecule has 3 heterocycles. The zero-order valence-electron chi connectivity index (χ0n) is 13.9. The van der Waals surface area contributed by atoms with Gasteiger partial charge in [0.05, 0.1) is 6.20 Å². The Labute approximate surface area is 150 Å². The second-order valence-corrected chi connectivity index (χ2v) is 6.55. The molecule has 0 N–H and O–H groups in total. The normalized spacial score (nSPS) is 15.0. The van der Waals surface area contributed by atoms with Crippen molar-refractivity contribution in [2.24, 2.45) is 0 Å². The molecule has 0 atom stereocenters. The van der Waals surface area contributed by atoms with Crippen LogP contribution in [0.4, 0.5) is 5.82 Å². The molecule has 1 aliphatic heterocycles. The molecule has 0 unspecified atom stereocenters. The molecule has 1 aromatic carbocycles. The van der Waals surface area contributed by atoms with Crippen molar-refractivity contribution in [3.8, 4) is 0 Å². The van der Waals surface area contributed by atoms with Gasteiger partial charge < -0.3 is 9.80 Å². The number of piperazine rings is 1. The van der Waals surface area contributed by atoms with E-state index in [1.54, 1.807) is 24.5 Å². The monoisotopic (exact) mass is 355 g/mol. The molecular weight excluding hydrogens is 338 g/mol. The highest BCUT2D eigenvalue weighted by atomic mass is 35.5. The fraction of sp³-hybridized carbons (Fsp3) is 0.278. The number of amides is 1. The van der Waals surface area contributed by atoms with Crippen LogP contribution in [0.2, 0.25) is 5.02 Å². The molecule has 4 rings (SSSR count). The molecule has 0 bridgehead atoms. The number of hydrogen-bond acceptors (Lipinski definition) is 4. The predicted molar refractivity (Wildman–Crippen MR) is 97.3 cm³/mol. The van der Waals surface area contributed by atoms with E-state index in [1.165, 1.54) is 0 Å². The Morgan fingerprint density at radius 3 is 2.64 bits per heavy atom. The summed E-state index contributed by atoms with van der Waals surface area (Å²) in [6.07, 6.45) is 3.54. The fourth-order valence-electron chi connectivity index (χ4n) is 3.16. The minimum atomic E-state index is 0.0541. The minimum absolute atomic E-state index is 0.0541. The van der Waals surface area contributed by atoms with Gasteiger partial charge in [0.25, 0.3) is 5.91 Å². The maximum Gasteiger partial charge on any atom is 0.253 e. The molecule has 0 aliphatic carbocycles. The van der Waals surface area contributed by atoms with E-state index in [-0.39, 0.29) is 5.91 Å². The Morgan fingerprint density at radius 2 is 1.88 bits per heavy atom. The predicted octanol–water partition coefficient (Wildman–Crippen LogP) is 2.65. The standard InChI is InChI=1S/C18H18ClN5O/c1-13-12-14(2-3-15(13)19)18(25)23-10-8-22(9-11-23)17-5-6-20-16-4-7-21-24(16)17/h2-7,12H,8-11H2,1H3. The van der Waals surface area contributed by atoms with E-state index >= 15 is 0 Å². The van der Waals surface area contributed by atoms with Gasteiger partial charge in [-0.2, -0.15) is 9.61 Å². The number of aryl methyl sites for hydroxylation is 1. The lowest BCUT2D eigenvalue weighted by Gasteiger charge is -2.36. The first kappa shape index (κ1) is 15.9. The van der Waals surface area contributed by atoms with Gasteiger partial charge in [0.1, 0.15) is 5.82 Å². The maximum absolute atomic E-state index is 12.7. The number of hydrogen-bond donors (Lipinski definition) is 0. The molecule has 6 nitrogen and oxygen atoms in total. The SMILES string of the molecule is Cc1cc(C(=O)N2CCN(c3ccnc4ccnn34)CC2)ccc1Cl. The minimum Gasteiger partial charge on any atom is -0.353 e. The fourth-order valence-corrected chi connectivity index (χ4v) is 3.28. The Balaban J connectivity index is 1.48. The lowest BCUT2D eigenvalue weighted by molar-refractivity contribution is 0.0746. The molecule has 128 valence electrons. The molecule has 3 aromatic rings. The van der Waals surface area contributed by atoms with Crippen molar-refractivity contribution in [1.82, 2.24) is 19.5 Å². The van der Waals surface area contributed by atoms with Gasteiger partial charge >= 0.3 is 0 Å². The molecule has 0 saturated carbocycles. The van der Waals surface area contributed by atoms with E-state index in [0.717, 1.165) is 30.1 Å². The van der Waals surface area contributed by atoms with Crippen LogP contribution in [-0.4, -0.2) is 51.6 Å². The van der Waals surface area contributed by atoms with Crippen molar-refractivity contribution in [1.29, 1.82) is 0 Å². The Morgan fingerprint density at radius 1 is 1.08 bits per heavy atom. The third kappa shape index (κ3) is 2.93. The molecule has 0 spiro atoms. The number of carbonyl (C=O) groups excluding carboxylic acids is 1. The summed E-state index contributed by atoms with van der Waals surface area (Å²) >= 11 is 6.05. The van der Waals surface area contributed by atoms with Gasteiger partial charge in [-0.15, -0.1) is 0 Å². The van der Waals surface area contributed by atoms with Crippen molar-refractivity contribution >= 4 is 29.0 Å². The largest absolute Gasteiger partial charge is 0.353 e. The topological polar surface area (TPSA) is 53.7 Å². The van der Waals surface area contributed by atoms with Crippen molar-refractivity contribution < 1.29 is 4.79 Å². The summed E-state index contributed by atoms with van der Waals surface area (Å²) < 4.78 is 1.83. The van der Waals surface area contributed by atoms with Gasteiger partial charge in [0, 0.05) is 49.0 Å². The Kier molecular flexibility index (Phi) is 4.05. The molecule has 2 aromatic heterocycles. The molecule has 1 saturated heterocycles. The number of fused-ring (bicyclic) bond motifs is 1. The number of rotatable bonds is 2. The molecule has 1 fully saturated rings. The van der Waals surface area contributed by atoms with E-state index in [1.807, 2.05) is 34.5 Å². The molecule has 7 heteroatoms. The number of nitrogens with zero attached hydrogens (tertiary/aromatic N) is 5. The summed E-state index contributed by atoms with van der Waals surface area (Å²) in [6, 6.07) is 9.27. The number of halogens is 1.